The zero-order chi connectivity index (χ0) is 8.97. The molecule has 1 aromatic heterocycles. The van der Waals surface area contributed by atoms with Crippen molar-refractivity contribution >= 4 is 6.03 Å². The molecule has 0 bridgehead atoms. The molecule has 0 aliphatic carbocycles. The maximum Gasteiger partial charge on any atom is 0.314 e. The summed E-state index contributed by atoms with van der Waals surface area (Å²) >= 11 is 0. The first kappa shape index (κ1) is 8.64. The van der Waals surface area contributed by atoms with Crippen LogP contribution in [0.5, 0.6) is 0 Å². The molecule has 4 heteroatoms. The molecule has 0 saturated carbocycles. The Labute approximate surface area is 70.9 Å². The van der Waals surface area contributed by atoms with Crippen LogP contribution in [0.3, 0.4) is 0 Å². The lowest BCUT2D eigenvalue weighted by atomic mass is 10.4. The van der Waals surface area contributed by atoms with Crippen LogP contribution in [0.15, 0.2) is 16.5 Å². The van der Waals surface area contributed by atoms with Gasteiger partial charge in [-0.1, -0.05) is 0 Å². The summed E-state index contributed by atoms with van der Waals surface area (Å²) in [5.41, 5.74) is 0. The van der Waals surface area contributed by atoms with Crippen LogP contribution in [-0.2, 0) is 6.54 Å². The molecule has 12 heavy (non-hydrogen) atoms. The van der Waals surface area contributed by atoms with Crippen molar-refractivity contribution < 1.29 is 9.21 Å². The summed E-state index contributed by atoms with van der Waals surface area (Å²) in [6, 6.07) is 3.50. The van der Waals surface area contributed by atoms with Gasteiger partial charge in [-0.15, -0.1) is 0 Å². The van der Waals surface area contributed by atoms with E-state index in [1.165, 1.54) is 0 Å². The molecule has 0 aliphatic rings. The quantitative estimate of drug-likeness (QED) is 0.692. The van der Waals surface area contributed by atoms with Gasteiger partial charge in [-0.05, 0) is 19.1 Å². The minimum atomic E-state index is -0.205. The van der Waals surface area contributed by atoms with Gasteiger partial charge in [-0.25, -0.2) is 4.79 Å². The van der Waals surface area contributed by atoms with Gasteiger partial charge in [0.05, 0.1) is 6.54 Å². The van der Waals surface area contributed by atoms with Crippen molar-refractivity contribution in [3.05, 3.63) is 23.7 Å². The number of amides is 2. The SMILES string of the molecule is CNC(=O)NCc1ccc(C)o1. The summed E-state index contributed by atoms with van der Waals surface area (Å²) < 4.78 is 5.24. The Balaban J connectivity index is 2.38. The molecule has 66 valence electrons. The Bertz CT molecular complexity index is 268. The first-order valence-corrected chi connectivity index (χ1v) is 3.73. The Morgan fingerprint density at radius 1 is 1.58 bits per heavy atom. The second-order valence-corrected chi connectivity index (χ2v) is 2.45. The third-order valence-corrected chi connectivity index (χ3v) is 1.45. The predicted octanol–water partition coefficient (Wildman–Crippen LogP) is 1.02. The van der Waals surface area contributed by atoms with E-state index in [4.69, 9.17) is 4.42 Å². The summed E-state index contributed by atoms with van der Waals surface area (Å²) in [4.78, 5) is 10.7. The lowest BCUT2D eigenvalue weighted by Crippen LogP contribution is -2.31. The molecule has 1 heterocycles. The number of aryl methyl sites for hydroxylation is 1. The average Bonchev–Trinajstić information content (AvgIpc) is 2.47. The maximum absolute atomic E-state index is 10.7. The minimum absolute atomic E-state index is 0.205. The lowest BCUT2D eigenvalue weighted by Gasteiger charge is -2.00. The highest BCUT2D eigenvalue weighted by Gasteiger charge is 1.99. The first-order valence-electron chi connectivity index (χ1n) is 3.73. The third-order valence-electron chi connectivity index (χ3n) is 1.45. The molecule has 1 aromatic rings. The Morgan fingerprint density at radius 2 is 2.33 bits per heavy atom. The van der Waals surface area contributed by atoms with E-state index in [0.29, 0.717) is 6.54 Å². The number of nitrogens with one attached hydrogen (secondary N) is 2. The maximum atomic E-state index is 10.7. The highest BCUT2D eigenvalue weighted by Crippen LogP contribution is 2.04. The zero-order valence-electron chi connectivity index (χ0n) is 7.18. The molecule has 4 nitrogen and oxygen atoms in total. The van der Waals surface area contributed by atoms with E-state index in [1.54, 1.807) is 7.05 Å². The van der Waals surface area contributed by atoms with Crippen molar-refractivity contribution in [1.29, 1.82) is 0 Å². The van der Waals surface area contributed by atoms with Crippen LogP contribution in [0.4, 0.5) is 4.79 Å². The van der Waals surface area contributed by atoms with E-state index in [1.807, 2.05) is 19.1 Å². The highest BCUT2D eigenvalue weighted by atomic mass is 16.3. The molecule has 0 spiro atoms. The van der Waals surface area contributed by atoms with Crippen LogP contribution in [0.2, 0.25) is 0 Å². The predicted molar refractivity (Wildman–Crippen MR) is 44.7 cm³/mol. The number of rotatable bonds is 2. The van der Waals surface area contributed by atoms with E-state index in [0.717, 1.165) is 11.5 Å². The number of carbonyl (C=O) groups is 1. The largest absolute Gasteiger partial charge is 0.465 e. The summed E-state index contributed by atoms with van der Waals surface area (Å²) in [5, 5.41) is 5.07. The fourth-order valence-corrected chi connectivity index (χ4v) is 0.836. The number of carbonyl (C=O) groups excluding carboxylic acids is 1. The van der Waals surface area contributed by atoms with Gasteiger partial charge in [0.25, 0.3) is 0 Å². The van der Waals surface area contributed by atoms with E-state index < -0.39 is 0 Å². The van der Waals surface area contributed by atoms with Gasteiger partial charge in [-0.3, -0.25) is 0 Å². The molecular formula is C8H12N2O2. The van der Waals surface area contributed by atoms with Crippen molar-refractivity contribution in [1.82, 2.24) is 10.6 Å². The van der Waals surface area contributed by atoms with Gasteiger partial charge in [-0.2, -0.15) is 0 Å². The van der Waals surface area contributed by atoms with E-state index in [-0.39, 0.29) is 6.03 Å². The minimum Gasteiger partial charge on any atom is -0.465 e. The topological polar surface area (TPSA) is 54.3 Å². The van der Waals surface area contributed by atoms with Gasteiger partial charge in [0.2, 0.25) is 0 Å². The molecule has 2 amide bonds. The third kappa shape index (κ3) is 2.30. The fourth-order valence-electron chi connectivity index (χ4n) is 0.836. The standard InChI is InChI=1S/C8H12N2O2/c1-6-3-4-7(12-6)5-10-8(11)9-2/h3-4H,5H2,1-2H3,(H2,9,10,11). The van der Waals surface area contributed by atoms with Crippen LogP contribution in [0.1, 0.15) is 11.5 Å². The van der Waals surface area contributed by atoms with Gasteiger partial charge in [0.1, 0.15) is 11.5 Å². The van der Waals surface area contributed by atoms with Crippen LogP contribution >= 0.6 is 0 Å². The molecule has 0 fully saturated rings. The first-order chi connectivity index (χ1) is 5.72. The summed E-state index contributed by atoms with van der Waals surface area (Å²) in [7, 11) is 1.57. The fraction of sp³-hybridized carbons (Fsp3) is 0.375. The number of urea groups is 1. The Morgan fingerprint density at radius 3 is 2.83 bits per heavy atom. The summed E-state index contributed by atoms with van der Waals surface area (Å²) in [6.07, 6.45) is 0. The van der Waals surface area contributed by atoms with Crippen LogP contribution < -0.4 is 10.6 Å². The van der Waals surface area contributed by atoms with Gasteiger partial charge in [0, 0.05) is 7.05 Å². The summed E-state index contributed by atoms with van der Waals surface area (Å²) in [5.74, 6) is 1.61. The molecule has 0 aromatic carbocycles. The van der Waals surface area contributed by atoms with Crippen molar-refractivity contribution in [2.24, 2.45) is 0 Å². The lowest BCUT2D eigenvalue weighted by molar-refractivity contribution is 0.241. The van der Waals surface area contributed by atoms with E-state index >= 15 is 0 Å². The van der Waals surface area contributed by atoms with Crippen molar-refractivity contribution in [3.63, 3.8) is 0 Å². The van der Waals surface area contributed by atoms with Gasteiger partial charge >= 0.3 is 6.03 Å². The van der Waals surface area contributed by atoms with Crippen LogP contribution in [-0.4, -0.2) is 13.1 Å². The number of hydrogen-bond donors (Lipinski definition) is 2. The van der Waals surface area contributed by atoms with Crippen molar-refractivity contribution in [2.75, 3.05) is 7.05 Å². The van der Waals surface area contributed by atoms with Crippen molar-refractivity contribution in [3.8, 4) is 0 Å². The molecule has 0 atom stereocenters. The van der Waals surface area contributed by atoms with E-state index in [9.17, 15) is 4.79 Å². The van der Waals surface area contributed by atoms with Crippen LogP contribution in [0, 0.1) is 6.92 Å². The molecule has 0 unspecified atom stereocenters. The van der Waals surface area contributed by atoms with Crippen LogP contribution in [0.25, 0.3) is 0 Å². The molecule has 0 aliphatic heterocycles. The van der Waals surface area contributed by atoms with Gasteiger partial charge in [0.15, 0.2) is 0 Å². The van der Waals surface area contributed by atoms with E-state index in [2.05, 4.69) is 10.6 Å². The zero-order valence-corrected chi connectivity index (χ0v) is 7.18. The normalized spacial score (nSPS) is 9.50. The number of hydrogen-bond acceptors (Lipinski definition) is 2. The Kier molecular flexibility index (Phi) is 2.74. The molecule has 2 N–H and O–H groups in total. The van der Waals surface area contributed by atoms with Crippen molar-refractivity contribution in [2.45, 2.75) is 13.5 Å². The molecular weight excluding hydrogens is 156 g/mol. The average molecular weight is 168 g/mol. The second-order valence-electron chi connectivity index (χ2n) is 2.45. The van der Waals surface area contributed by atoms with Gasteiger partial charge < -0.3 is 15.1 Å². The monoisotopic (exact) mass is 168 g/mol. The molecule has 0 saturated heterocycles. The number of furan rings is 1. The molecule has 0 radical (unpaired) electrons. The highest BCUT2D eigenvalue weighted by molar-refractivity contribution is 5.73. The molecule has 1 rings (SSSR count). The summed E-state index contributed by atoms with van der Waals surface area (Å²) in [6.45, 7) is 2.29. The smallest absolute Gasteiger partial charge is 0.314 e. The second kappa shape index (κ2) is 3.80. The Hall–Kier alpha value is -1.45.